The number of rotatable bonds is 1. The van der Waals surface area contributed by atoms with Crippen LogP contribution < -0.4 is 0 Å². The van der Waals surface area contributed by atoms with Gasteiger partial charge in [0.25, 0.3) is 0 Å². The first-order chi connectivity index (χ1) is 4.34. The molecule has 1 rings (SSSR count). The molecule has 1 atom stereocenters. The molecule has 0 radical (unpaired) electrons. The molecule has 1 unspecified atom stereocenters. The number of carbonyl (C=O) groups is 1. The highest BCUT2D eigenvalue weighted by atomic mass is 16.5. The molecular weight excluding hydrogens is 118 g/mol. The molecule has 0 aromatic rings. The summed E-state index contributed by atoms with van der Waals surface area (Å²) in [6, 6.07) is 0.260. The smallest absolute Gasteiger partial charge is 0.210 e. The highest BCUT2D eigenvalue weighted by Crippen LogP contribution is 2.01. The van der Waals surface area contributed by atoms with Crippen LogP contribution in [0.2, 0.25) is 0 Å². The molecule has 1 aliphatic heterocycles. The van der Waals surface area contributed by atoms with Crippen molar-refractivity contribution in [2.24, 2.45) is 0 Å². The summed E-state index contributed by atoms with van der Waals surface area (Å²) in [6.07, 6.45) is 0.882. The van der Waals surface area contributed by atoms with Gasteiger partial charge in [0.05, 0.1) is 19.3 Å². The van der Waals surface area contributed by atoms with Gasteiger partial charge in [0, 0.05) is 6.54 Å². The molecule has 1 aliphatic rings. The SMILES string of the molecule is CC1COCCN1C=O. The van der Waals surface area contributed by atoms with Gasteiger partial charge in [-0.3, -0.25) is 4.79 Å². The summed E-state index contributed by atoms with van der Waals surface area (Å²) >= 11 is 0. The van der Waals surface area contributed by atoms with Crippen LogP contribution >= 0.6 is 0 Å². The Labute approximate surface area is 54.6 Å². The lowest BCUT2D eigenvalue weighted by Gasteiger charge is -2.29. The average molecular weight is 129 g/mol. The Balaban J connectivity index is 2.38. The summed E-state index contributed by atoms with van der Waals surface area (Å²) in [5.41, 5.74) is 0. The van der Waals surface area contributed by atoms with Crippen LogP contribution in [0.15, 0.2) is 0 Å². The summed E-state index contributed by atoms with van der Waals surface area (Å²) in [4.78, 5) is 12.0. The molecule has 0 bridgehead atoms. The van der Waals surface area contributed by atoms with Crippen molar-refractivity contribution in [1.82, 2.24) is 4.90 Å². The van der Waals surface area contributed by atoms with E-state index < -0.39 is 0 Å². The van der Waals surface area contributed by atoms with Gasteiger partial charge in [-0.15, -0.1) is 0 Å². The minimum atomic E-state index is 0.260. The van der Waals surface area contributed by atoms with E-state index in [0.29, 0.717) is 13.2 Å². The van der Waals surface area contributed by atoms with Gasteiger partial charge in [0.1, 0.15) is 0 Å². The second-order valence-corrected chi connectivity index (χ2v) is 2.27. The van der Waals surface area contributed by atoms with E-state index >= 15 is 0 Å². The lowest BCUT2D eigenvalue weighted by Crippen LogP contribution is -2.42. The monoisotopic (exact) mass is 129 g/mol. The van der Waals surface area contributed by atoms with Crippen LogP contribution in [0.1, 0.15) is 6.92 Å². The molecule has 9 heavy (non-hydrogen) atoms. The molecule has 0 aliphatic carbocycles. The van der Waals surface area contributed by atoms with Crippen LogP contribution in [0.3, 0.4) is 0 Å². The minimum Gasteiger partial charge on any atom is -0.377 e. The Morgan fingerprint density at radius 1 is 1.78 bits per heavy atom. The van der Waals surface area contributed by atoms with Crippen LogP contribution in [-0.4, -0.2) is 37.1 Å². The fraction of sp³-hybridized carbons (Fsp3) is 0.833. The van der Waals surface area contributed by atoms with E-state index in [0.717, 1.165) is 13.0 Å². The third kappa shape index (κ3) is 1.42. The lowest BCUT2D eigenvalue weighted by molar-refractivity contribution is -0.125. The van der Waals surface area contributed by atoms with E-state index in [9.17, 15) is 4.79 Å². The molecule has 0 aromatic carbocycles. The Morgan fingerprint density at radius 3 is 3.00 bits per heavy atom. The van der Waals surface area contributed by atoms with Crippen LogP contribution in [0.4, 0.5) is 0 Å². The number of carbonyl (C=O) groups excluding carboxylic acids is 1. The van der Waals surface area contributed by atoms with E-state index in [-0.39, 0.29) is 6.04 Å². The third-order valence-corrected chi connectivity index (χ3v) is 1.55. The Hall–Kier alpha value is -0.570. The summed E-state index contributed by atoms with van der Waals surface area (Å²) in [5.74, 6) is 0. The molecule has 0 aromatic heterocycles. The lowest BCUT2D eigenvalue weighted by atomic mass is 10.3. The van der Waals surface area contributed by atoms with Crippen molar-refractivity contribution >= 4 is 6.41 Å². The maximum absolute atomic E-state index is 10.2. The number of amides is 1. The predicted molar refractivity (Wildman–Crippen MR) is 33.1 cm³/mol. The molecule has 0 spiro atoms. The molecule has 1 amide bonds. The number of nitrogens with zero attached hydrogens (tertiary/aromatic N) is 1. The van der Waals surface area contributed by atoms with Crippen molar-refractivity contribution in [2.75, 3.05) is 19.8 Å². The molecule has 3 heteroatoms. The van der Waals surface area contributed by atoms with Gasteiger partial charge in [-0.05, 0) is 6.92 Å². The molecule has 0 N–H and O–H groups in total. The zero-order chi connectivity index (χ0) is 6.69. The zero-order valence-corrected chi connectivity index (χ0v) is 5.54. The highest BCUT2D eigenvalue weighted by molar-refractivity contribution is 5.47. The topological polar surface area (TPSA) is 29.5 Å². The van der Waals surface area contributed by atoms with Gasteiger partial charge in [-0.1, -0.05) is 0 Å². The van der Waals surface area contributed by atoms with Crippen molar-refractivity contribution < 1.29 is 9.53 Å². The predicted octanol–water partition coefficient (Wildman–Crippen LogP) is -0.137. The van der Waals surface area contributed by atoms with Crippen LogP contribution in [0, 0.1) is 0 Å². The number of hydrogen-bond donors (Lipinski definition) is 0. The van der Waals surface area contributed by atoms with E-state index in [1.165, 1.54) is 0 Å². The van der Waals surface area contributed by atoms with Gasteiger partial charge in [0.15, 0.2) is 0 Å². The van der Waals surface area contributed by atoms with E-state index in [1.54, 1.807) is 4.90 Å². The fourth-order valence-corrected chi connectivity index (χ4v) is 0.897. The van der Waals surface area contributed by atoms with E-state index in [2.05, 4.69) is 0 Å². The number of ether oxygens (including phenoxy) is 1. The summed E-state index contributed by atoms with van der Waals surface area (Å²) < 4.78 is 5.11. The zero-order valence-electron chi connectivity index (χ0n) is 5.54. The van der Waals surface area contributed by atoms with Gasteiger partial charge < -0.3 is 9.64 Å². The maximum Gasteiger partial charge on any atom is 0.210 e. The van der Waals surface area contributed by atoms with E-state index in [1.807, 2.05) is 6.92 Å². The number of hydrogen-bond acceptors (Lipinski definition) is 2. The molecule has 52 valence electrons. The summed E-state index contributed by atoms with van der Waals surface area (Å²) in [7, 11) is 0. The number of morpholine rings is 1. The summed E-state index contributed by atoms with van der Waals surface area (Å²) in [6.45, 7) is 4.08. The normalized spacial score (nSPS) is 28.1. The minimum absolute atomic E-state index is 0.260. The average Bonchev–Trinajstić information content (AvgIpc) is 1.89. The van der Waals surface area contributed by atoms with Crippen molar-refractivity contribution in [3.8, 4) is 0 Å². The summed E-state index contributed by atoms with van der Waals surface area (Å²) in [5, 5.41) is 0. The van der Waals surface area contributed by atoms with Crippen molar-refractivity contribution in [1.29, 1.82) is 0 Å². The largest absolute Gasteiger partial charge is 0.377 e. The second kappa shape index (κ2) is 2.82. The second-order valence-electron chi connectivity index (χ2n) is 2.27. The molecule has 1 heterocycles. The Kier molecular flexibility index (Phi) is 2.05. The first kappa shape index (κ1) is 6.55. The highest BCUT2D eigenvalue weighted by Gasteiger charge is 2.15. The first-order valence-electron chi connectivity index (χ1n) is 3.13. The van der Waals surface area contributed by atoms with Gasteiger partial charge >= 0.3 is 0 Å². The molecule has 1 fully saturated rings. The van der Waals surface area contributed by atoms with Crippen LogP contribution in [0.5, 0.6) is 0 Å². The van der Waals surface area contributed by atoms with Crippen LogP contribution in [-0.2, 0) is 9.53 Å². The standard InChI is InChI=1S/C6H11NO2/c1-6-4-9-3-2-7(6)5-8/h5-6H,2-4H2,1H3. The van der Waals surface area contributed by atoms with Gasteiger partial charge in [-0.2, -0.15) is 0 Å². The molecular formula is C6H11NO2. The Bertz CT molecular complexity index is 105. The van der Waals surface area contributed by atoms with Crippen molar-refractivity contribution in [2.45, 2.75) is 13.0 Å². The maximum atomic E-state index is 10.2. The molecule has 0 saturated carbocycles. The van der Waals surface area contributed by atoms with E-state index in [4.69, 9.17) is 4.74 Å². The van der Waals surface area contributed by atoms with Gasteiger partial charge in [0.2, 0.25) is 6.41 Å². The Morgan fingerprint density at radius 2 is 2.56 bits per heavy atom. The third-order valence-electron chi connectivity index (χ3n) is 1.55. The fourth-order valence-electron chi connectivity index (χ4n) is 0.897. The van der Waals surface area contributed by atoms with Crippen molar-refractivity contribution in [3.05, 3.63) is 0 Å². The van der Waals surface area contributed by atoms with Crippen molar-refractivity contribution in [3.63, 3.8) is 0 Å². The quantitative estimate of drug-likeness (QED) is 0.461. The first-order valence-corrected chi connectivity index (χ1v) is 3.13. The van der Waals surface area contributed by atoms with Gasteiger partial charge in [-0.25, -0.2) is 0 Å². The molecule has 1 saturated heterocycles. The molecule has 3 nitrogen and oxygen atoms in total. The van der Waals surface area contributed by atoms with Crippen LogP contribution in [0.25, 0.3) is 0 Å².